The minimum absolute atomic E-state index is 0.488. The maximum Gasteiger partial charge on any atom is 0.160 e. The second-order valence-corrected chi connectivity index (χ2v) is 16.8. The first-order valence-electron chi connectivity index (χ1n) is 22.2. The Hall–Kier alpha value is -9.87. The first-order valence-corrected chi connectivity index (χ1v) is 22.2. The molecule has 0 bridgehead atoms. The van der Waals surface area contributed by atoms with Crippen LogP contribution in [0, 0.1) is 34.0 Å². The molecule has 12 rings (SSSR count). The van der Waals surface area contributed by atoms with Gasteiger partial charge in [0, 0.05) is 49.6 Å². The van der Waals surface area contributed by atoms with Gasteiger partial charge < -0.3 is 9.13 Å². The fraction of sp³-hybridized carbons (Fsp3) is 0. The van der Waals surface area contributed by atoms with Crippen molar-refractivity contribution in [2.45, 2.75) is 0 Å². The smallest absolute Gasteiger partial charge is 0.160 e. The zero-order chi connectivity index (χ0) is 45.7. The van der Waals surface area contributed by atoms with Crippen LogP contribution in [0.1, 0.15) is 16.7 Å². The highest BCUT2D eigenvalue weighted by molar-refractivity contribution is 6.12. The van der Waals surface area contributed by atoms with Crippen LogP contribution in [0.15, 0.2) is 212 Å². The fourth-order valence-electron chi connectivity index (χ4n) is 9.62. The molecule has 0 amide bonds. The Bertz CT molecular complexity index is 3990. The van der Waals surface area contributed by atoms with Crippen molar-refractivity contribution in [3.05, 3.63) is 229 Å². The van der Waals surface area contributed by atoms with Gasteiger partial charge in [-0.05, 0) is 101 Å². The zero-order valence-electron chi connectivity index (χ0n) is 36.3. The largest absolute Gasteiger partial charge is 0.309 e. The van der Waals surface area contributed by atoms with E-state index in [-0.39, 0.29) is 0 Å². The van der Waals surface area contributed by atoms with Gasteiger partial charge in [0.1, 0.15) is 0 Å². The predicted octanol–water partition coefficient (Wildman–Crippen LogP) is 14.6. The molecule has 0 aliphatic rings. The van der Waals surface area contributed by atoms with Crippen LogP contribution in [-0.4, -0.2) is 19.1 Å². The van der Waals surface area contributed by atoms with E-state index < -0.39 is 0 Å². The number of hydrogen-bond donors (Lipinski definition) is 0. The number of para-hydroxylation sites is 3. The van der Waals surface area contributed by atoms with Crippen LogP contribution in [0.3, 0.4) is 0 Å². The molecule has 3 heterocycles. The highest BCUT2D eigenvalue weighted by Gasteiger charge is 2.18. The SMILES string of the molecule is N#Cc1cccc(-c2cc(-c3ccc(-c4ccc(-c5ccc(-n6c7ccccc7c7cc(-n8c9ccccc9c9ccccc98)ccc76)cc5C#N)cc4)cc3)nc(-c3cccc(C#N)c3)n2)c1. The lowest BCUT2D eigenvalue weighted by atomic mass is 9.96. The lowest BCUT2D eigenvalue weighted by Gasteiger charge is -2.13. The standard InChI is InChI=1S/C61H35N7/c62-36-39-9-7-11-45(31-39)56-35-55(65-61(66-56)46-12-8-10-40(32-46)37-63)44-25-21-42(22-26-44)41-19-23-43(24-20-41)50-29-27-48(33-47(50)38-64)67-59-18-6-3-15-53(59)54-34-49(28-30-60(54)67)68-57-16-4-1-13-51(57)52-14-2-5-17-58(52)68/h1-35H. The summed E-state index contributed by atoms with van der Waals surface area (Å²) in [5.41, 5.74) is 15.8. The molecule has 9 aromatic carbocycles. The number of aromatic nitrogens is 4. The van der Waals surface area contributed by atoms with Crippen LogP contribution in [0.4, 0.5) is 0 Å². The van der Waals surface area contributed by atoms with E-state index in [1.54, 1.807) is 18.2 Å². The van der Waals surface area contributed by atoms with E-state index in [0.717, 1.165) is 72.1 Å². The van der Waals surface area contributed by atoms with Crippen molar-refractivity contribution in [2.24, 2.45) is 0 Å². The van der Waals surface area contributed by atoms with Crippen LogP contribution in [-0.2, 0) is 0 Å². The first-order chi connectivity index (χ1) is 33.5. The fourth-order valence-corrected chi connectivity index (χ4v) is 9.62. The van der Waals surface area contributed by atoms with Crippen LogP contribution in [0.5, 0.6) is 0 Å². The Kier molecular flexibility index (Phi) is 9.51. The molecule has 0 spiro atoms. The molecule has 0 aliphatic carbocycles. The van der Waals surface area contributed by atoms with Gasteiger partial charge in [-0.2, -0.15) is 15.8 Å². The second-order valence-electron chi connectivity index (χ2n) is 16.8. The van der Waals surface area contributed by atoms with Gasteiger partial charge in [0.05, 0.1) is 68.4 Å². The topological polar surface area (TPSA) is 107 Å². The van der Waals surface area contributed by atoms with Gasteiger partial charge >= 0.3 is 0 Å². The lowest BCUT2D eigenvalue weighted by molar-refractivity contribution is 1.16. The molecule has 3 aromatic heterocycles. The Balaban J connectivity index is 0.862. The molecule has 0 N–H and O–H groups in total. The van der Waals surface area contributed by atoms with Crippen molar-refractivity contribution >= 4 is 43.6 Å². The van der Waals surface area contributed by atoms with Gasteiger partial charge in [-0.1, -0.05) is 133 Å². The Morgan fingerprint density at radius 2 is 0.794 bits per heavy atom. The second kappa shape index (κ2) is 16.3. The van der Waals surface area contributed by atoms with E-state index >= 15 is 0 Å². The third-order valence-electron chi connectivity index (χ3n) is 12.8. The number of fused-ring (bicyclic) bond motifs is 6. The number of hydrogen-bond acceptors (Lipinski definition) is 5. The molecule has 0 unspecified atom stereocenters. The number of nitriles is 3. The van der Waals surface area contributed by atoms with Crippen LogP contribution >= 0.6 is 0 Å². The Morgan fingerprint density at radius 1 is 0.324 bits per heavy atom. The van der Waals surface area contributed by atoms with Crippen molar-refractivity contribution in [2.75, 3.05) is 0 Å². The summed E-state index contributed by atoms with van der Waals surface area (Å²) in [5.74, 6) is 0.488. The third-order valence-corrected chi connectivity index (χ3v) is 12.8. The molecule has 0 saturated carbocycles. The molecular weight excluding hydrogens is 831 g/mol. The van der Waals surface area contributed by atoms with E-state index in [9.17, 15) is 15.8 Å². The van der Waals surface area contributed by atoms with Gasteiger partial charge in [-0.25, -0.2) is 9.97 Å². The van der Waals surface area contributed by atoms with Crippen molar-refractivity contribution < 1.29 is 0 Å². The van der Waals surface area contributed by atoms with Crippen molar-refractivity contribution in [3.8, 4) is 85.7 Å². The minimum atomic E-state index is 0.488. The molecule has 12 aromatic rings. The highest BCUT2D eigenvalue weighted by atomic mass is 15.0. The summed E-state index contributed by atoms with van der Waals surface area (Å²) in [6.07, 6.45) is 0. The van der Waals surface area contributed by atoms with Gasteiger partial charge in [0.25, 0.3) is 0 Å². The van der Waals surface area contributed by atoms with Gasteiger partial charge in [-0.15, -0.1) is 0 Å². The summed E-state index contributed by atoms with van der Waals surface area (Å²) in [4.78, 5) is 9.83. The van der Waals surface area contributed by atoms with E-state index in [2.05, 4.69) is 167 Å². The minimum Gasteiger partial charge on any atom is -0.309 e. The molecule has 0 fully saturated rings. The van der Waals surface area contributed by atoms with E-state index in [0.29, 0.717) is 33.9 Å². The summed E-state index contributed by atoms with van der Waals surface area (Å²) in [6.45, 7) is 0. The van der Waals surface area contributed by atoms with Crippen molar-refractivity contribution in [1.29, 1.82) is 15.8 Å². The maximum absolute atomic E-state index is 10.6. The van der Waals surface area contributed by atoms with E-state index in [1.807, 2.05) is 54.6 Å². The normalized spacial score (nSPS) is 11.2. The Morgan fingerprint density at radius 3 is 1.38 bits per heavy atom. The molecule has 0 atom stereocenters. The lowest BCUT2D eigenvalue weighted by Crippen LogP contribution is -1.97. The van der Waals surface area contributed by atoms with Crippen molar-refractivity contribution in [1.82, 2.24) is 19.1 Å². The summed E-state index contributed by atoms with van der Waals surface area (Å²) in [6, 6.07) is 78.5. The quantitative estimate of drug-likeness (QED) is 0.159. The van der Waals surface area contributed by atoms with Crippen LogP contribution in [0.2, 0.25) is 0 Å². The molecule has 68 heavy (non-hydrogen) atoms. The predicted molar refractivity (Wildman–Crippen MR) is 272 cm³/mol. The first kappa shape index (κ1) is 39.7. The molecule has 0 radical (unpaired) electrons. The summed E-state index contributed by atoms with van der Waals surface area (Å²) in [7, 11) is 0. The van der Waals surface area contributed by atoms with Crippen LogP contribution < -0.4 is 0 Å². The van der Waals surface area contributed by atoms with Crippen molar-refractivity contribution in [3.63, 3.8) is 0 Å². The summed E-state index contributed by atoms with van der Waals surface area (Å²) >= 11 is 0. The average Bonchev–Trinajstić information content (AvgIpc) is 3.93. The van der Waals surface area contributed by atoms with Gasteiger partial charge in [-0.3, -0.25) is 0 Å². The molecule has 0 aliphatic heterocycles. The molecule has 7 nitrogen and oxygen atoms in total. The summed E-state index contributed by atoms with van der Waals surface area (Å²) in [5, 5.41) is 34.5. The highest BCUT2D eigenvalue weighted by Crippen LogP contribution is 2.38. The Labute approximate surface area is 391 Å². The number of benzene rings is 9. The van der Waals surface area contributed by atoms with Crippen LogP contribution in [0.25, 0.3) is 111 Å². The van der Waals surface area contributed by atoms with E-state index in [4.69, 9.17) is 9.97 Å². The number of rotatable bonds is 7. The molecule has 0 saturated heterocycles. The maximum atomic E-state index is 10.6. The van der Waals surface area contributed by atoms with Gasteiger partial charge in [0.15, 0.2) is 5.82 Å². The zero-order valence-corrected chi connectivity index (χ0v) is 36.3. The van der Waals surface area contributed by atoms with E-state index in [1.165, 1.54) is 21.8 Å². The molecule has 7 heteroatoms. The number of nitrogens with zero attached hydrogens (tertiary/aromatic N) is 7. The molecule has 314 valence electrons. The third kappa shape index (κ3) is 6.74. The summed E-state index contributed by atoms with van der Waals surface area (Å²) < 4.78 is 4.61. The monoisotopic (exact) mass is 865 g/mol. The van der Waals surface area contributed by atoms with Gasteiger partial charge in [0.2, 0.25) is 0 Å². The average molecular weight is 866 g/mol. The molecular formula is C61H35N7.